The van der Waals surface area contributed by atoms with Crippen molar-refractivity contribution in [2.24, 2.45) is 29.6 Å². The summed E-state index contributed by atoms with van der Waals surface area (Å²) in [5.41, 5.74) is 0.791. The van der Waals surface area contributed by atoms with Crippen LogP contribution in [-0.4, -0.2) is 42.0 Å². The van der Waals surface area contributed by atoms with Crippen LogP contribution in [0.15, 0.2) is 30.3 Å². The van der Waals surface area contributed by atoms with Crippen molar-refractivity contribution >= 4 is 5.91 Å². The summed E-state index contributed by atoms with van der Waals surface area (Å²) < 4.78 is 0. The molecule has 4 nitrogen and oxygen atoms in total. The van der Waals surface area contributed by atoms with Crippen LogP contribution in [0.25, 0.3) is 0 Å². The molecule has 3 aliphatic heterocycles. The average molecular weight is 424 g/mol. The summed E-state index contributed by atoms with van der Waals surface area (Å²) in [5.74, 6) is 3.64. The maximum absolute atomic E-state index is 13.9. The first-order valence-electron chi connectivity index (χ1n) is 12.9. The summed E-state index contributed by atoms with van der Waals surface area (Å²) in [6, 6.07) is 10.7. The molecular weight excluding hydrogens is 382 g/mol. The largest absolute Gasteiger partial charge is 0.350 e. The molecule has 3 heterocycles. The molecule has 6 rings (SSSR count). The maximum atomic E-state index is 13.9. The Kier molecular flexibility index (Phi) is 6.13. The molecule has 170 valence electrons. The Morgan fingerprint density at radius 1 is 1.19 bits per heavy atom. The van der Waals surface area contributed by atoms with Crippen molar-refractivity contribution in [2.75, 3.05) is 19.6 Å². The highest BCUT2D eigenvalue weighted by Crippen LogP contribution is 2.54. The van der Waals surface area contributed by atoms with Gasteiger partial charge in [-0.1, -0.05) is 76.3 Å². The zero-order chi connectivity index (χ0) is 21.4. The van der Waals surface area contributed by atoms with Gasteiger partial charge in [0.1, 0.15) is 5.54 Å². The van der Waals surface area contributed by atoms with Gasteiger partial charge in [0, 0.05) is 31.6 Å². The van der Waals surface area contributed by atoms with Gasteiger partial charge < -0.3 is 10.6 Å². The van der Waals surface area contributed by atoms with Crippen molar-refractivity contribution in [1.29, 1.82) is 0 Å². The molecule has 31 heavy (non-hydrogen) atoms. The number of nitrogens with one attached hydrogen (secondary N) is 2. The highest BCUT2D eigenvalue weighted by Gasteiger charge is 2.67. The van der Waals surface area contributed by atoms with Crippen LogP contribution in [-0.2, 0) is 11.3 Å². The fraction of sp³-hybridized carbons (Fsp3) is 0.741. The number of benzene rings is 1. The van der Waals surface area contributed by atoms with Crippen LogP contribution in [0.1, 0.15) is 64.4 Å². The zero-order valence-corrected chi connectivity index (χ0v) is 19.5. The first-order valence-corrected chi connectivity index (χ1v) is 12.9. The van der Waals surface area contributed by atoms with Crippen molar-refractivity contribution in [1.82, 2.24) is 15.5 Å². The van der Waals surface area contributed by atoms with Gasteiger partial charge in [-0.25, -0.2) is 0 Å². The lowest BCUT2D eigenvalue weighted by Gasteiger charge is -2.56. The lowest BCUT2D eigenvalue weighted by atomic mass is 9.57. The third kappa shape index (κ3) is 3.95. The van der Waals surface area contributed by atoms with E-state index >= 15 is 0 Å². The fourth-order valence-electron chi connectivity index (χ4n) is 7.63. The topological polar surface area (TPSA) is 44.4 Å². The Morgan fingerprint density at radius 3 is 2.71 bits per heavy atom. The molecule has 5 atom stereocenters. The van der Waals surface area contributed by atoms with Gasteiger partial charge in [0.15, 0.2) is 0 Å². The maximum Gasteiger partial charge on any atom is 0.242 e. The quantitative estimate of drug-likeness (QED) is 0.691. The molecule has 3 saturated heterocycles. The van der Waals surface area contributed by atoms with E-state index in [4.69, 9.17) is 0 Å². The molecule has 2 N–H and O–H groups in total. The highest BCUT2D eigenvalue weighted by atomic mass is 16.2. The molecule has 0 radical (unpaired) electrons. The Hall–Kier alpha value is -1.39. The Morgan fingerprint density at radius 2 is 1.97 bits per heavy atom. The van der Waals surface area contributed by atoms with Crippen molar-refractivity contribution in [3.8, 4) is 0 Å². The molecule has 2 aliphatic carbocycles. The molecule has 5 fully saturated rings. The van der Waals surface area contributed by atoms with E-state index < -0.39 is 5.54 Å². The normalized spacial score (nSPS) is 35.6. The third-order valence-corrected chi connectivity index (χ3v) is 8.82. The second-order valence-corrected chi connectivity index (χ2v) is 11.3. The number of hydrogen-bond donors (Lipinski definition) is 2. The monoisotopic (exact) mass is 423 g/mol. The molecule has 0 unspecified atom stereocenters. The number of piperidine rings is 2. The number of amides is 1. The number of carbonyl (C=O) groups is 1. The lowest BCUT2D eigenvalue weighted by Crippen LogP contribution is -2.76. The molecule has 0 aromatic heterocycles. The lowest BCUT2D eigenvalue weighted by molar-refractivity contribution is -0.139. The van der Waals surface area contributed by atoms with Gasteiger partial charge in [-0.2, -0.15) is 0 Å². The minimum absolute atomic E-state index is 0.254. The van der Waals surface area contributed by atoms with Gasteiger partial charge in [-0.15, -0.1) is 0 Å². The zero-order valence-electron chi connectivity index (χ0n) is 19.5. The molecule has 4 heteroatoms. The van der Waals surface area contributed by atoms with Gasteiger partial charge >= 0.3 is 0 Å². The smallest absolute Gasteiger partial charge is 0.242 e. The molecule has 5 aliphatic rings. The fourth-order valence-corrected chi connectivity index (χ4v) is 7.63. The first kappa shape index (κ1) is 21.5. The van der Waals surface area contributed by atoms with Crippen LogP contribution in [0.3, 0.4) is 0 Å². The molecule has 1 aromatic rings. The summed E-state index contributed by atoms with van der Waals surface area (Å²) in [4.78, 5) is 16.6. The van der Waals surface area contributed by atoms with Gasteiger partial charge in [0.25, 0.3) is 0 Å². The highest BCUT2D eigenvalue weighted by molar-refractivity contribution is 5.89. The van der Waals surface area contributed by atoms with Crippen molar-refractivity contribution < 1.29 is 4.79 Å². The van der Waals surface area contributed by atoms with Gasteiger partial charge in [0.2, 0.25) is 5.91 Å². The van der Waals surface area contributed by atoms with E-state index in [0.717, 1.165) is 31.5 Å². The third-order valence-electron chi connectivity index (χ3n) is 8.82. The molecule has 2 saturated carbocycles. The summed E-state index contributed by atoms with van der Waals surface area (Å²) in [6.07, 6.45) is 9.62. The van der Waals surface area contributed by atoms with Crippen LogP contribution >= 0.6 is 0 Å². The second-order valence-electron chi connectivity index (χ2n) is 11.3. The Balaban J connectivity index is 1.39. The minimum atomic E-state index is -0.391. The van der Waals surface area contributed by atoms with Gasteiger partial charge in [0.05, 0.1) is 0 Å². The van der Waals surface area contributed by atoms with Crippen LogP contribution in [0.2, 0.25) is 0 Å². The van der Waals surface area contributed by atoms with Crippen LogP contribution in [0.4, 0.5) is 0 Å². The second kappa shape index (κ2) is 8.86. The van der Waals surface area contributed by atoms with Crippen molar-refractivity contribution in [3.05, 3.63) is 35.9 Å². The molecule has 1 aromatic carbocycles. The van der Waals surface area contributed by atoms with E-state index in [1.54, 1.807) is 0 Å². The van der Waals surface area contributed by atoms with Crippen molar-refractivity contribution in [3.63, 3.8) is 0 Å². The molecule has 0 spiro atoms. The van der Waals surface area contributed by atoms with E-state index in [1.807, 2.05) is 6.07 Å². The van der Waals surface area contributed by atoms with Gasteiger partial charge in [-0.05, 0) is 48.6 Å². The Labute approximate surface area is 188 Å². The molecular formula is C27H41N3O. The summed E-state index contributed by atoms with van der Waals surface area (Å²) in [6.45, 7) is 8.51. The number of fused-ring (bicyclic) bond motifs is 1. The van der Waals surface area contributed by atoms with Crippen LogP contribution < -0.4 is 10.6 Å². The first-order chi connectivity index (χ1) is 15.1. The predicted octanol–water partition coefficient (Wildman–Crippen LogP) is 4.21. The predicted molar refractivity (Wildman–Crippen MR) is 126 cm³/mol. The summed E-state index contributed by atoms with van der Waals surface area (Å²) >= 11 is 0. The number of carbonyl (C=O) groups excluding carboxylic acids is 1. The summed E-state index contributed by atoms with van der Waals surface area (Å²) in [5, 5.41) is 7.20. The average Bonchev–Trinajstić information content (AvgIpc) is 3.04. The van der Waals surface area contributed by atoms with E-state index in [0.29, 0.717) is 30.3 Å². The number of rotatable bonds is 7. The Bertz CT molecular complexity index is 759. The molecule has 1 amide bonds. The van der Waals surface area contributed by atoms with Crippen molar-refractivity contribution in [2.45, 2.75) is 76.9 Å². The standard InChI is InChI=1S/C27H41N3O/c1-19(2)17-30-18-23-14-22-16-29-27(23,26(31)28-15-21-11-7-4-8-12-21)25(30)24(22)13-20-9-5-3-6-10-20/h4,7-8,11-12,19-20,22-25,29H,3,5-6,9-10,13-18H2,1-2H3,(H,28,31)/t22-,23-,24+,25-,27-/m0/s1. The SMILES string of the molecule is CC(C)CN1C[C@@H]2C[C@H]3CN[C@]2(C(=O)NCc2ccccc2)[C@@H]1[C@@H]3CC1CCCCC1. The minimum Gasteiger partial charge on any atom is -0.350 e. The number of nitrogens with zero attached hydrogens (tertiary/aromatic N) is 1. The number of hydrogen-bond acceptors (Lipinski definition) is 3. The van der Waals surface area contributed by atoms with E-state index in [-0.39, 0.29) is 5.91 Å². The van der Waals surface area contributed by atoms with Gasteiger partial charge in [-0.3, -0.25) is 9.69 Å². The van der Waals surface area contributed by atoms with E-state index in [2.05, 4.69) is 53.6 Å². The van der Waals surface area contributed by atoms with E-state index in [1.165, 1.54) is 50.5 Å². The molecule has 4 bridgehead atoms. The van der Waals surface area contributed by atoms with Crippen LogP contribution in [0, 0.1) is 29.6 Å². The summed E-state index contributed by atoms with van der Waals surface area (Å²) in [7, 11) is 0. The van der Waals surface area contributed by atoms with Crippen LogP contribution in [0.5, 0.6) is 0 Å². The number of likely N-dealkylation sites (tertiary alicyclic amines) is 1. The van der Waals surface area contributed by atoms with E-state index in [9.17, 15) is 4.79 Å².